The van der Waals surface area contributed by atoms with E-state index in [-0.39, 0.29) is 17.6 Å². The van der Waals surface area contributed by atoms with Crippen molar-refractivity contribution in [3.63, 3.8) is 0 Å². The van der Waals surface area contributed by atoms with Crippen molar-refractivity contribution in [1.82, 2.24) is 14.9 Å². The van der Waals surface area contributed by atoms with Crippen LogP contribution >= 0.6 is 39.3 Å². The molecule has 0 aliphatic heterocycles. The fourth-order valence-corrected chi connectivity index (χ4v) is 3.29. The van der Waals surface area contributed by atoms with Gasteiger partial charge in [-0.25, -0.2) is 10.1 Å². The fraction of sp³-hybridized carbons (Fsp3) is 0.0588. The van der Waals surface area contributed by atoms with Crippen molar-refractivity contribution in [2.75, 3.05) is 22.3 Å². The van der Waals surface area contributed by atoms with Crippen molar-refractivity contribution < 1.29 is 4.79 Å². The second-order valence-corrected chi connectivity index (χ2v) is 7.59. The summed E-state index contributed by atoms with van der Waals surface area (Å²) < 4.78 is 2.03. The number of rotatable bonds is 7. The molecule has 0 fully saturated rings. The van der Waals surface area contributed by atoms with Gasteiger partial charge in [0.05, 0.1) is 17.7 Å². The first-order valence-electron chi connectivity index (χ1n) is 7.96. The molecule has 0 aliphatic rings. The SMILES string of the molecule is Nn1c(N/N=C/c2ccccc2Cl)nnc1SCC(=O)Nc1ccccc1Br. The lowest BCUT2D eigenvalue weighted by Gasteiger charge is -2.06. The minimum absolute atomic E-state index is 0.125. The topological polar surface area (TPSA) is 110 Å². The van der Waals surface area contributed by atoms with E-state index in [0.29, 0.717) is 15.9 Å². The molecule has 11 heteroatoms. The van der Waals surface area contributed by atoms with Crippen LogP contribution in [0.15, 0.2) is 63.3 Å². The maximum Gasteiger partial charge on any atom is 0.264 e. The van der Waals surface area contributed by atoms with E-state index >= 15 is 0 Å². The number of anilines is 2. The minimum atomic E-state index is -0.189. The van der Waals surface area contributed by atoms with Crippen LogP contribution in [0.4, 0.5) is 11.6 Å². The van der Waals surface area contributed by atoms with Crippen LogP contribution in [0.1, 0.15) is 5.56 Å². The Kier molecular flexibility index (Phi) is 6.90. The number of para-hydroxylation sites is 1. The normalized spacial score (nSPS) is 10.9. The van der Waals surface area contributed by atoms with Crippen LogP contribution in [0.25, 0.3) is 0 Å². The smallest absolute Gasteiger partial charge is 0.264 e. The average molecular weight is 481 g/mol. The number of amides is 1. The van der Waals surface area contributed by atoms with Gasteiger partial charge in [-0.3, -0.25) is 4.79 Å². The average Bonchev–Trinajstić information content (AvgIpc) is 3.03. The number of aromatic nitrogens is 3. The second-order valence-electron chi connectivity index (χ2n) is 5.38. The molecular formula is C17H15BrClN7OS. The maximum atomic E-state index is 12.1. The molecule has 3 aromatic rings. The summed E-state index contributed by atoms with van der Waals surface area (Å²) in [6, 6.07) is 14.6. The zero-order valence-electron chi connectivity index (χ0n) is 14.3. The van der Waals surface area contributed by atoms with Gasteiger partial charge in [0.15, 0.2) is 0 Å². The van der Waals surface area contributed by atoms with Gasteiger partial charge in [0, 0.05) is 15.1 Å². The van der Waals surface area contributed by atoms with E-state index in [4.69, 9.17) is 17.4 Å². The Morgan fingerprint density at radius 2 is 2.00 bits per heavy atom. The molecule has 0 aliphatic carbocycles. The van der Waals surface area contributed by atoms with Crippen molar-refractivity contribution in [1.29, 1.82) is 0 Å². The van der Waals surface area contributed by atoms with Gasteiger partial charge in [-0.1, -0.05) is 53.7 Å². The molecule has 8 nitrogen and oxygen atoms in total. The molecular weight excluding hydrogens is 466 g/mol. The molecule has 3 rings (SSSR count). The van der Waals surface area contributed by atoms with E-state index in [0.717, 1.165) is 21.8 Å². The van der Waals surface area contributed by atoms with E-state index in [2.05, 4.69) is 42.0 Å². The van der Waals surface area contributed by atoms with Crippen LogP contribution in [0.3, 0.4) is 0 Å². The van der Waals surface area contributed by atoms with E-state index in [9.17, 15) is 4.79 Å². The predicted octanol–water partition coefficient (Wildman–Crippen LogP) is 3.58. The summed E-state index contributed by atoms with van der Waals surface area (Å²) in [7, 11) is 0. The van der Waals surface area contributed by atoms with Crippen LogP contribution in [0.5, 0.6) is 0 Å². The van der Waals surface area contributed by atoms with Gasteiger partial charge in [0.2, 0.25) is 11.1 Å². The van der Waals surface area contributed by atoms with Crippen LogP contribution in [-0.4, -0.2) is 32.7 Å². The van der Waals surface area contributed by atoms with Gasteiger partial charge in [0.1, 0.15) is 0 Å². The lowest BCUT2D eigenvalue weighted by Crippen LogP contribution is -2.17. The third kappa shape index (κ3) is 5.24. The largest absolute Gasteiger partial charge is 0.334 e. The first kappa shape index (κ1) is 20.2. The molecule has 0 spiro atoms. The third-order valence-corrected chi connectivity index (χ3v) is 5.40. The first-order chi connectivity index (χ1) is 13.5. The molecule has 0 atom stereocenters. The van der Waals surface area contributed by atoms with E-state index < -0.39 is 0 Å². The van der Waals surface area contributed by atoms with Crippen molar-refractivity contribution >= 4 is 63.1 Å². The quantitative estimate of drug-likeness (QED) is 0.206. The number of hydrazone groups is 1. The second kappa shape index (κ2) is 9.58. The molecule has 4 N–H and O–H groups in total. The number of halogens is 2. The molecule has 0 saturated carbocycles. The van der Waals surface area contributed by atoms with Gasteiger partial charge in [-0.15, -0.1) is 10.2 Å². The van der Waals surface area contributed by atoms with Crippen LogP contribution in [0, 0.1) is 0 Å². The lowest BCUT2D eigenvalue weighted by molar-refractivity contribution is -0.113. The van der Waals surface area contributed by atoms with Crippen molar-refractivity contribution in [3.8, 4) is 0 Å². The highest BCUT2D eigenvalue weighted by molar-refractivity contribution is 9.10. The van der Waals surface area contributed by atoms with Crippen molar-refractivity contribution in [2.24, 2.45) is 5.10 Å². The highest BCUT2D eigenvalue weighted by Gasteiger charge is 2.12. The van der Waals surface area contributed by atoms with Crippen LogP contribution in [-0.2, 0) is 4.79 Å². The summed E-state index contributed by atoms with van der Waals surface area (Å²) in [6.07, 6.45) is 1.55. The van der Waals surface area contributed by atoms with Crippen molar-refractivity contribution in [3.05, 3.63) is 63.6 Å². The monoisotopic (exact) mass is 479 g/mol. The van der Waals surface area contributed by atoms with E-state index in [1.165, 1.54) is 4.68 Å². The zero-order valence-corrected chi connectivity index (χ0v) is 17.5. The molecule has 0 unspecified atom stereocenters. The zero-order chi connectivity index (χ0) is 19.9. The number of carbonyl (C=O) groups is 1. The number of hydrogen-bond acceptors (Lipinski definition) is 7. The Balaban J connectivity index is 1.55. The van der Waals surface area contributed by atoms with Crippen molar-refractivity contribution in [2.45, 2.75) is 5.16 Å². The third-order valence-electron chi connectivity index (χ3n) is 3.42. The van der Waals surface area contributed by atoms with E-state index in [1.54, 1.807) is 18.3 Å². The number of nitrogens with zero attached hydrogens (tertiary/aromatic N) is 4. The summed E-state index contributed by atoms with van der Waals surface area (Å²) in [5.41, 5.74) is 4.14. The summed E-state index contributed by atoms with van der Waals surface area (Å²) in [6.45, 7) is 0. The molecule has 0 saturated heterocycles. The number of hydrogen-bond donors (Lipinski definition) is 3. The Morgan fingerprint density at radius 1 is 1.25 bits per heavy atom. The Bertz CT molecular complexity index is 1010. The predicted molar refractivity (Wildman–Crippen MR) is 116 cm³/mol. The number of thioether (sulfide) groups is 1. The van der Waals surface area contributed by atoms with Crippen LogP contribution < -0.4 is 16.6 Å². The van der Waals surface area contributed by atoms with Gasteiger partial charge >= 0.3 is 0 Å². The number of nitrogens with one attached hydrogen (secondary N) is 2. The number of nitrogens with two attached hydrogens (primary N) is 1. The summed E-state index contributed by atoms with van der Waals surface area (Å²) >= 11 is 10.6. The maximum absolute atomic E-state index is 12.1. The van der Waals surface area contributed by atoms with E-state index in [1.807, 2.05) is 36.4 Å². The van der Waals surface area contributed by atoms with Gasteiger partial charge in [-0.2, -0.15) is 5.10 Å². The number of nitrogen functional groups attached to an aromatic ring is 1. The molecule has 0 bridgehead atoms. The standard InChI is InChI=1S/C17H15BrClN7OS/c18-12-6-2-4-8-14(12)22-15(27)10-28-17-25-24-16(26(17)20)23-21-9-11-5-1-3-7-13(11)19/h1-9H,10,20H2,(H,22,27)(H,23,24)/b21-9+. The Morgan fingerprint density at radius 3 is 2.79 bits per heavy atom. The summed E-state index contributed by atoms with van der Waals surface area (Å²) in [4.78, 5) is 12.1. The lowest BCUT2D eigenvalue weighted by atomic mass is 10.2. The number of carbonyl (C=O) groups excluding carboxylic acids is 1. The molecule has 2 aromatic carbocycles. The minimum Gasteiger partial charge on any atom is -0.334 e. The fourth-order valence-electron chi connectivity index (χ4n) is 2.07. The molecule has 1 amide bonds. The molecule has 1 heterocycles. The highest BCUT2D eigenvalue weighted by atomic mass is 79.9. The van der Waals surface area contributed by atoms with Crippen LogP contribution in [0.2, 0.25) is 5.02 Å². The van der Waals surface area contributed by atoms with Gasteiger partial charge < -0.3 is 11.2 Å². The Hall–Kier alpha value is -2.56. The molecule has 28 heavy (non-hydrogen) atoms. The first-order valence-corrected chi connectivity index (χ1v) is 10.1. The Labute approximate surface area is 178 Å². The molecule has 144 valence electrons. The summed E-state index contributed by atoms with van der Waals surface area (Å²) in [5, 5.41) is 15.7. The van der Waals surface area contributed by atoms with Gasteiger partial charge in [0.25, 0.3) is 5.95 Å². The molecule has 1 aromatic heterocycles. The highest BCUT2D eigenvalue weighted by Crippen LogP contribution is 2.22. The number of benzene rings is 2. The summed E-state index contributed by atoms with van der Waals surface area (Å²) in [5.74, 6) is 6.11. The molecule has 0 radical (unpaired) electrons. The van der Waals surface area contributed by atoms with Gasteiger partial charge in [-0.05, 0) is 34.1 Å².